The highest BCUT2D eigenvalue weighted by Gasteiger charge is 2.32. The van der Waals surface area contributed by atoms with Crippen LogP contribution < -0.4 is 4.74 Å². The number of ether oxygens (including phenoxy) is 1. The molecule has 0 saturated carbocycles. The molecule has 5 nitrogen and oxygen atoms in total. The molecule has 3 aromatic rings. The van der Waals surface area contributed by atoms with Crippen molar-refractivity contribution in [1.82, 2.24) is 4.98 Å². The van der Waals surface area contributed by atoms with Crippen molar-refractivity contribution in [2.24, 2.45) is 0 Å². The lowest BCUT2D eigenvalue weighted by Crippen LogP contribution is -2.17. The highest BCUT2D eigenvalue weighted by atomic mass is 19.4. The van der Waals surface area contributed by atoms with Crippen molar-refractivity contribution in [2.45, 2.75) is 18.7 Å². The summed E-state index contributed by atoms with van der Waals surface area (Å²) in [5, 5.41) is 9.16. The second kappa shape index (κ2) is 7.71. The predicted octanol–water partition coefficient (Wildman–Crippen LogP) is 4.99. The molecule has 9 heteroatoms. The number of oxazole rings is 1. The maximum Gasteiger partial charge on any atom is 0.573 e. The lowest BCUT2D eigenvalue weighted by Gasteiger charge is -2.16. The zero-order valence-corrected chi connectivity index (χ0v) is 14.1. The summed E-state index contributed by atoms with van der Waals surface area (Å²) in [7, 11) is 0. The minimum absolute atomic E-state index is 0.00190. The van der Waals surface area contributed by atoms with Crippen molar-refractivity contribution in [3.63, 3.8) is 0 Å². The molecule has 0 saturated heterocycles. The molecule has 0 amide bonds. The third kappa shape index (κ3) is 4.67. The number of hydrogen-bond acceptors (Lipinski definition) is 4. The molecule has 1 atom stereocenters. The average Bonchev–Trinajstić information content (AvgIpc) is 3.12. The van der Waals surface area contributed by atoms with E-state index in [0.29, 0.717) is 0 Å². The Morgan fingerprint density at radius 1 is 1.21 bits per heavy atom. The summed E-state index contributed by atoms with van der Waals surface area (Å²) in [4.78, 5) is 15.1. The highest BCUT2D eigenvalue weighted by Crippen LogP contribution is 2.37. The summed E-state index contributed by atoms with van der Waals surface area (Å²) < 4.78 is 61.4. The monoisotopic (exact) mass is 395 g/mol. The van der Waals surface area contributed by atoms with Crippen molar-refractivity contribution in [1.29, 1.82) is 0 Å². The SMILES string of the molecule is O=C(O)CC(c1cc(F)cc(-c2ccccc2OC(F)(F)F)c1)c1ncco1. The number of halogens is 4. The van der Waals surface area contributed by atoms with Crippen LogP contribution in [0.15, 0.2) is 59.3 Å². The fraction of sp³-hybridized carbons (Fsp3) is 0.158. The molecule has 0 bridgehead atoms. The first-order chi connectivity index (χ1) is 13.2. The lowest BCUT2D eigenvalue weighted by molar-refractivity contribution is -0.274. The van der Waals surface area contributed by atoms with Crippen LogP contribution in [-0.2, 0) is 4.79 Å². The van der Waals surface area contributed by atoms with E-state index in [1.807, 2.05) is 0 Å². The van der Waals surface area contributed by atoms with E-state index < -0.39 is 36.2 Å². The molecule has 2 aromatic carbocycles. The van der Waals surface area contributed by atoms with Gasteiger partial charge in [-0.3, -0.25) is 4.79 Å². The van der Waals surface area contributed by atoms with Gasteiger partial charge >= 0.3 is 12.3 Å². The van der Waals surface area contributed by atoms with Gasteiger partial charge in [-0.1, -0.05) is 18.2 Å². The van der Waals surface area contributed by atoms with Crippen molar-refractivity contribution in [2.75, 3.05) is 0 Å². The zero-order valence-electron chi connectivity index (χ0n) is 14.1. The summed E-state index contributed by atoms with van der Waals surface area (Å²) in [5.74, 6) is -3.29. The van der Waals surface area contributed by atoms with Crippen molar-refractivity contribution in [3.8, 4) is 16.9 Å². The number of benzene rings is 2. The van der Waals surface area contributed by atoms with Crippen LogP contribution in [0.25, 0.3) is 11.1 Å². The summed E-state index contributed by atoms with van der Waals surface area (Å²) in [6.45, 7) is 0. The molecule has 0 aliphatic carbocycles. The topological polar surface area (TPSA) is 72.6 Å². The van der Waals surface area contributed by atoms with Crippen LogP contribution in [0.5, 0.6) is 5.75 Å². The van der Waals surface area contributed by atoms with Gasteiger partial charge in [0.25, 0.3) is 0 Å². The highest BCUT2D eigenvalue weighted by molar-refractivity contribution is 5.72. The van der Waals surface area contributed by atoms with E-state index in [1.165, 1.54) is 36.7 Å². The molecule has 0 aliphatic rings. The minimum atomic E-state index is -4.92. The molecule has 28 heavy (non-hydrogen) atoms. The molecule has 146 valence electrons. The Bertz CT molecular complexity index is 970. The Morgan fingerprint density at radius 2 is 1.96 bits per heavy atom. The summed E-state index contributed by atoms with van der Waals surface area (Å²) >= 11 is 0. The number of carboxylic acid groups (broad SMARTS) is 1. The van der Waals surface area contributed by atoms with E-state index in [2.05, 4.69) is 9.72 Å². The largest absolute Gasteiger partial charge is 0.573 e. The standard InChI is InChI=1S/C19H13F4NO4/c20-13-8-11(14-3-1-2-4-16(14)28-19(21,22)23)7-12(9-13)15(10-17(25)26)18-24-5-6-27-18/h1-9,15H,10H2,(H,25,26). The van der Waals surface area contributed by atoms with Crippen LogP contribution in [0, 0.1) is 5.82 Å². The second-order valence-corrected chi connectivity index (χ2v) is 5.84. The van der Waals surface area contributed by atoms with E-state index in [1.54, 1.807) is 0 Å². The molecule has 0 fully saturated rings. The number of carboxylic acids is 1. The van der Waals surface area contributed by atoms with Gasteiger partial charge in [0.05, 0.1) is 18.5 Å². The molecule has 0 radical (unpaired) electrons. The normalized spacial score (nSPS) is 12.6. The first-order valence-corrected chi connectivity index (χ1v) is 8.00. The van der Waals surface area contributed by atoms with E-state index in [4.69, 9.17) is 9.52 Å². The molecule has 1 N–H and O–H groups in total. The van der Waals surface area contributed by atoms with Crippen molar-refractivity contribution in [3.05, 3.63) is 72.2 Å². The number of nitrogens with zero attached hydrogens (tertiary/aromatic N) is 1. The van der Waals surface area contributed by atoms with Gasteiger partial charge in [-0.25, -0.2) is 9.37 Å². The Morgan fingerprint density at radius 3 is 2.61 bits per heavy atom. The van der Waals surface area contributed by atoms with E-state index in [9.17, 15) is 22.4 Å². The van der Waals surface area contributed by atoms with E-state index in [0.717, 1.165) is 18.2 Å². The van der Waals surface area contributed by atoms with Gasteiger partial charge in [-0.2, -0.15) is 0 Å². The number of hydrogen-bond donors (Lipinski definition) is 1. The number of para-hydroxylation sites is 1. The zero-order chi connectivity index (χ0) is 20.3. The van der Waals surface area contributed by atoms with Crippen LogP contribution in [0.3, 0.4) is 0 Å². The fourth-order valence-corrected chi connectivity index (χ4v) is 2.82. The van der Waals surface area contributed by atoms with Gasteiger partial charge in [0, 0.05) is 5.56 Å². The Hall–Kier alpha value is -3.36. The number of aromatic nitrogens is 1. The Kier molecular flexibility index (Phi) is 5.34. The third-order valence-electron chi connectivity index (χ3n) is 3.87. The average molecular weight is 395 g/mol. The van der Waals surface area contributed by atoms with Gasteiger partial charge < -0.3 is 14.3 Å². The molecule has 0 aliphatic heterocycles. The summed E-state index contributed by atoms with van der Waals surface area (Å²) in [5.41, 5.74) is 0.292. The Labute approximate surface area is 156 Å². The maximum absolute atomic E-state index is 14.3. The Balaban J connectivity index is 2.08. The number of aliphatic carboxylic acids is 1. The molecule has 3 rings (SSSR count). The predicted molar refractivity (Wildman–Crippen MR) is 89.1 cm³/mol. The van der Waals surface area contributed by atoms with Crippen molar-refractivity contribution < 1.29 is 36.6 Å². The van der Waals surface area contributed by atoms with Crippen molar-refractivity contribution >= 4 is 5.97 Å². The summed E-state index contributed by atoms with van der Waals surface area (Å²) in [6, 6.07) is 8.80. The van der Waals surface area contributed by atoms with Crippen LogP contribution in [0.4, 0.5) is 17.6 Å². The molecule has 0 spiro atoms. The molecular formula is C19H13F4NO4. The van der Waals surface area contributed by atoms with Gasteiger partial charge in [0.15, 0.2) is 0 Å². The smallest absolute Gasteiger partial charge is 0.481 e. The number of carbonyl (C=O) groups is 1. The number of alkyl halides is 3. The minimum Gasteiger partial charge on any atom is -0.481 e. The number of rotatable bonds is 6. The quantitative estimate of drug-likeness (QED) is 0.596. The summed E-state index contributed by atoms with van der Waals surface area (Å²) in [6.07, 6.45) is -2.80. The third-order valence-corrected chi connectivity index (χ3v) is 3.87. The molecule has 1 aromatic heterocycles. The van der Waals surface area contributed by atoms with Crippen LogP contribution in [-0.4, -0.2) is 22.4 Å². The van der Waals surface area contributed by atoms with Gasteiger partial charge in [0.2, 0.25) is 5.89 Å². The first kappa shape index (κ1) is 19.4. The van der Waals surface area contributed by atoms with Gasteiger partial charge in [-0.15, -0.1) is 13.2 Å². The first-order valence-electron chi connectivity index (χ1n) is 8.00. The second-order valence-electron chi connectivity index (χ2n) is 5.84. The van der Waals surface area contributed by atoms with Gasteiger partial charge in [-0.05, 0) is 35.4 Å². The van der Waals surface area contributed by atoms with Crippen LogP contribution in [0.2, 0.25) is 0 Å². The lowest BCUT2D eigenvalue weighted by atomic mass is 9.92. The molecular weight excluding hydrogens is 382 g/mol. The van der Waals surface area contributed by atoms with E-state index in [-0.39, 0.29) is 22.6 Å². The molecule has 1 unspecified atom stereocenters. The van der Waals surface area contributed by atoms with Crippen LogP contribution in [0.1, 0.15) is 23.8 Å². The van der Waals surface area contributed by atoms with E-state index >= 15 is 0 Å². The van der Waals surface area contributed by atoms with Crippen LogP contribution >= 0.6 is 0 Å². The van der Waals surface area contributed by atoms with Gasteiger partial charge in [0.1, 0.15) is 17.8 Å². The fourth-order valence-electron chi connectivity index (χ4n) is 2.82. The molecule has 1 heterocycles. The maximum atomic E-state index is 14.3.